The molecule has 1 saturated carbocycles. The maximum absolute atomic E-state index is 11.5. The summed E-state index contributed by atoms with van der Waals surface area (Å²) in [5.74, 6) is 0.124. The molecule has 1 fully saturated rings. The standard InChI is InChI=1S/C13H17NO3S/c1-18(16,17)8-7-13(15)14-12-9-11(12)10-5-3-2-4-6-10/h2-6,11-12H,7-9H2,1H3,(H,14,15). The summed E-state index contributed by atoms with van der Waals surface area (Å²) in [6.07, 6.45) is 2.13. The summed E-state index contributed by atoms with van der Waals surface area (Å²) in [5, 5.41) is 2.87. The molecule has 1 aliphatic rings. The molecule has 0 spiro atoms. The average molecular weight is 267 g/mol. The summed E-state index contributed by atoms with van der Waals surface area (Å²) in [6, 6.07) is 10.2. The number of benzene rings is 1. The van der Waals surface area contributed by atoms with Crippen LogP contribution in [0.3, 0.4) is 0 Å². The molecule has 1 aliphatic carbocycles. The van der Waals surface area contributed by atoms with Gasteiger partial charge in [0.05, 0.1) is 5.75 Å². The Morgan fingerprint density at radius 3 is 2.61 bits per heavy atom. The SMILES string of the molecule is CS(=O)(=O)CCC(=O)NC1CC1c1ccccc1. The largest absolute Gasteiger partial charge is 0.353 e. The van der Waals surface area contributed by atoms with Gasteiger partial charge in [0.15, 0.2) is 0 Å². The van der Waals surface area contributed by atoms with Crippen LogP contribution in [0.25, 0.3) is 0 Å². The third-order valence-electron chi connectivity index (χ3n) is 3.06. The minimum atomic E-state index is -3.06. The molecule has 1 aromatic rings. The molecule has 1 N–H and O–H groups in total. The van der Waals surface area contributed by atoms with Crippen LogP contribution in [0.15, 0.2) is 30.3 Å². The van der Waals surface area contributed by atoms with Crippen molar-refractivity contribution in [2.45, 2.75) is 24.8 Å². The zero-order valence-electron chi connectivity index (χ0n) is 10.3. The normalized spacial score (nSPS) is 22.5. The van der Waals surface area contributed by atoms with Crippen molar-refractivity contribution in [3.8, 4) is 0 Å². The highest BCUT2D eigenvalue weighted by molar-refractivity contribution is 7.90. The minimum Gasteiger partial charge on any atom is -0.353 e. The lowest BCUT2D eigenvalue weighted by molar-refractivity contribution is -0.120. The number of rotatable bonds is 5. The lowest BCUT2D eigenvalue weighted by Gasteiger charge is -2.04. The predicted molar refractivity (Wildman–Crippen MR) is 70.1 cm³/mol. The molecule has 2 unspecified atom stereocenters. The second-order valence-corrected chi connectivity index (χ2v) is 7.07. The Morgan fingerprint density at radius 2 is 2.00 bits per heavy atom. The molecule has 0 aromatic heterocycles. The molecule has 0 aliphatic heterocycles. The van der Waals surface area contributed by atoms with Gasteiger partial charge < -0.3 is 5.32 Å². The van der Waals surface area contributed by atoms with E-state index in [1.807, 2.05) is 30.3 Å². The number of carbonyl (C=O) groups excluding carboxylic acids is 1. The first-order valence-corrected chi connectivity index (χ1v) is 8.04. The summed E-state index contributed by atoms with van der Waals surface area (Å²) in [5.41, 5.74) is 1.23. The number of carbonyl (C=O) groups is 1. The van der Waals surface area contributed by atoms with Crippen LogP contribution in [0.2, 0.25) is 0 Å². The molecule has 2 atom stereocenters. The molecule has 1 aromatic carbocycles. The van der Waals surface area contributed by atoms with E-state index in [1.54, 1.807) is 0 Å². The smallest absolute Gasteiger partial charge is 0.221 e. The van der Waals surface area contributed by atoms with Crippen LogP contribution in [0.4, 0.5) is 0 Å². The second-order valence-electron chi connectivity index (χ2n) is 4.81. The Balaban J connectivity index is 1.78. The fraction of sp³-hybridized carbons (Fsp3) is 0.462. The van der Waals surface area contributed by atoms with Gasteiger partial charge >= 0.3 is 0 Å². The summed E-state index contributed by atoms with van der Waals surface area (Å²) in [7, 11) is -3.06. The molecular formula is C13H17NO3S. The molecule has 4 nitrogen and oxygen atoms in total. The van der Waals surface area contributed by atoms with E-state index in [4.69, 9.17) is 0 Å². The van der Waals surface area contributed by atoms with Gasteiger partial charge in [0.2, 0.25) is 5.91 Å². The third kappa shape index (κ3) is 3.84. The molecular weight excluding hydrogens is 250 g/mol. The maximum atomic E-state index is 11.5. The zero-order valence-corrected chi connectivity index (χ0v) is 11.1. The first kappa shape index (κ1) is 13.1. The fourth-order valence-corrected chi connectivity index (χ4v) is 2.54. The van der Waals surface area contributed by atoms with Gasteiger partial charge in [-0.1, -0.05) is 30.3 Å². The minimum absolute atomic E-state index is 0.0524. The van der Waals surface area contributed by atoms with Crippen molar-refractivity contribution >= 4 is 15.7 Å². The van der Waals surface area contributed by atoms with Gasteiger partial charge in [-0.2, -0.15) is 0 Å². The first-order chi connectivity index (χ1) is 8.46. The number of sulfone groups is 1. The van der Waals surface area contributed by atoms with Gasteiger partial charge in [-0.3, -0.25) is 4.79 Å². The first-order valence-electron chi connectivity index (χ1n) is 5.98. The fourth-order valence-electron chi connectivity index (χ4n) is 1.98. The van der Waals surface area contributed by atoms with Crippen molar-refractivity contribution in [2.75, 3.05) is 12.0 Å². The summed E-state index contributed by atoms with van der Waals surface area (Å²) >= 11 is 0. The average Bonchev–Trinajstić information content (AvgIpc) is 3.06. The van der Waals surface area contributed by atoms with Crippen molar-refractivity contribution in [2.24, 2.45) is 0 Å². The van der Waals surface area contributed by atoms with E-state index in [2.05, 4.69) is 5.32 Å². The van der Waals surface area contributed by atoms with Crippen molar-refractivity contribution in [1.82, 2.24) is 5.32 Å². The van der Waals surface area contributed by atoms with Crippen LogP contribution < -0.4 is 5.32 Å². The van der Waals surface area contributed by atoms with Gasteiger partial charge in [-0.05, 0) is 12.0 Å². The molecule has 98 valence electrons. The monoisotopic (exact) mass is 267 g/mol. The number of amides is 1. The predicted octanol–water partition coefficient (Wildman–Crippen LogP) is 1.09. The van der Waals surface area contributed by atoms with E-state index < -0.39 is 9.84 Å². The van der Waals surface area contributed by atoms with Crippen LogP contribution in [0.5, 0.6) is 0 Å². The van der Waals surface area contributed by atoms with Gasteiger partial charge in [-0.25, -0.2) is 8.42 Å². The van der Waals surface area contributed by atoms with Crippen LogP contribution in [-0.4, -0.2) is 32.4 Å². The maximum Gasteiger partial charge on any atom is 0.221 e. The van der Waals surface area contributed by atoms with Crippen LogP contribution >= 0.6 is 0 Å². The molecule has 1 amide bonds. The van der Waals surface area contributed by atoms with Gasteiger partial charge in [0.25, 0.3) is 0 Å². The van der Waals surface area contributed by atoms with E-state index in [0.717, 1.165) is 12.7 Å². The number of hydrogen-bond acceptors (Lipinski definition) is 3. The lowest BCUT2D eigenvalue weighted by atomic mass is 10.1. The molecule has 2 rings (SSSR count). The van der Waals surface area contributed by atoms with Gasteiger partial charge in [-0.15, -0.1) is 0 Å². The zero-order chi connectivity index (χ0) is 13.2. The highest BCUT2D eigenvalue weighted by atomic mass is 32.2. The van der Waals surface area contributed by atoms with E-state index in [-0.39, 0.29) is 24.1 Å². The summed E-state index contributed by atoms with van der Waals surface area (Å²) in [4.78, 5) is 11.5. The van der Waals surface area contributed by atoms with Crippen LogP contribution in [-0.2, 0) is 14.6 Å². The van der Waals surface area contributed by atoms with Crippen molar-refractivity contribution in [1.29, 1.82) is 0 Å². The molecule has 5 heteroatoms. The molecule has 0 radical (unpaired) electrons. The van der Waals surface area contributed by atoms with Crippen molar-refractivity contribution < 1.29 is 13.2 Å². The molecule has 0 saturated heterocycles. The number of hydrogen-bond donors (Lipinski definition) is 1. The van der Waals surface area contributed by atoms with Crippen LogP contribution in [0, 0.1) is 0 Å². The van der Waals surface area contributed by atoms with Gasteiger partial charge in [0, 0.05) is 24.6 Å². The third-order valence-corrected chi connectivity index (χ3v) is 4.01. The van der Waals surface area contributed by atoms with Crippen molar-refractivity contribution in [3.05, 3.63) is 35.9 Å². The topological polar surface area (TPSA) is 63.2 Å². The van der Waals surface area contributed by atoms with E-state index in [9.17, 15) is 13.2 Å². The Hall–Kier alpha value is -1.36. The molecule has 0 heterocycles. The summed E-state index contributed by atoms with van der Waals surface area (Å²) in [6.45, 7) is 0. The van der Waals surface area contributed by atoms with E-state index >= 15 is 0 Å². The quantitative estimate of drug-likeness (QED) is 0.868. The Morgan fingerprint density at radius 1 is 1.33 bits per heavy atom. The summed E-state index contributed by atoms with van der Waals surface area (Å²) < 4.78 is 21.9. The Bertz CT molecular complexity index is 524. The molecule has 18 heavy (non-hydrogen) atoms. The Kier molecular flexibility index (Phi) is 3.71. The van der Waals surface area contributed by atoms with Gasteiger partial charge in [0.1, 0.15) is 9.84 Å². The van der Waals surface area contributed by atoms with E-state index in [0.29, 0.717) is 5.92 Å². The van der Waals surface area contributed by atoms with Crippen molar-refractivity contribution in [3.63, 3.8) is 0 Å². The highest BCUT2D eigenvalue weighted by Crippen LogP contribution is 2.40. The molecule has 0 bridgehead atoms. The second kappa shape index (κ2) is 5.10. The highest BCUT2D eigenvalue weighted by Gasteiger charge is 2.39. The van der Waals surface area contributed by atoms with Crippen LogP contribution in [0.1, 0.15) is 24.3 Å². The Labute approximate surface area is 107 Å². The van der Waals surface area contributed by atoms with E-state index in [1.165, 1.54) is 5.56 Å². The number of nitrogens with one attached hydrogen (secondary N) is 1. The lowest BCUT2D eigenvalue weighted by Crippen LogP contribution is -2.28.